The third kappa shape index (κ3) is 3.00. The van der Waals surface area contributed by atoms with Crippen LogP contribution in [0, 0.1) is 6.92 Å². The Hall–Kier alpha value is -2.63. The predicted octanol–water partition coefficient (Wildman–Crippen LogP) is 2.11. The van der Waals surface area contributed by atoms with Gasteiger partial charge in [0, 0.05) is 12.6 Å². The first-order chi connectivity index (χ1) is 10.6. The fourth-order valence-electron chi connectivity index (χ4n) is 2.59. The van der Waals surface area contributed by atoms with Crippen molar-refractivity contribution in [3.63, 3.8) is 0 Å². The van der Waals surface area contributed by atoms with E-state index in [-0.39, 0.29) is 11.8 Å². The van der Waals surface area contributed by atoms with Crippen molar-refractivity contribution in [2.24, 2.45) is 0 Å². The van der Waals surface area contributed by atoms with Crippen molar-refractivity contribution in [1.29, 1.82) is 0 Å². The van der Waals surface area contributed by atoms with Gasteiger partial charge in [0.25, 0.3) is 0 Å². The summed E-state index contributed by atoms with van der Waals surface area (Å²) < 4.78 is 5.27. The predicted molar refractivity (Wildman–Crippen MR) is 79.9 cm³/mol. The van der Waals surface area contributed by atoms with Crippen molar-refractivity contribution in [2.45, 2.75) is 32.4 Å². The lowest BCUT2D eigenvalue weighted by atomic mass is 10.2. The number of likely N-dealkylation sites (tertiary alicyclic amines) is 1. The lowest BCUT2D eigenvalue weighted by Gasteiger charge is -2.22. The van der Waals surface area contributed by atoms with Gasteiger partial charge >= 0.3 is 0 Å². The number of pyridine rings is 1. The number of aryl methyl sites for hydroxylation is 1. The van der Waals surface area contributed by atoms with Crippen LogP contribution in [0.5, 0.6) is 0 Å². The van der Waals surface area contributed by atoms with Crippen molar-refractivity contribution >= 4 is 17.6 Å². The fraction of sp³-hybridized carbons (Fsp3) is 0.312. The van der Waals surface area contributed by atoms with Gasteiger partial charge < -0.3 is 14.6 Å². The zero-order chi connectivity index (χ0) is 15.5. The van der Waals surface area contributed by atoms with E-state index in [1.54, 1.807) is 35.6 Å². The Labute approximate surface area is 128 Å². The van der Waals surface area contributed by atoms with Gasteiger partial charge in [0.2, 0.25) is 11.8 Å². The van der Waals surface area contributed by atoms with Gasteiger partial charge in [0.05, 0.1) is 12.8 Å². The molecule has 1 atom stereocenters. The molecule has 1 aliphatic rings. The van der Waals surface area contributed by atoms with E-state index in [9.17, 15) is 9.59 Å². The highest BCUT2D eigenvalue weighted by Crippen LogP contribution is 2.23. The molecule has 2 amide bonds. The summed E-state index contributed by atoms with van der Waals surface area (Å²) >= 11 is 0. The zero-order valence-electron chi connectivity index (χ0n) is 12.3. The molecule has 0 spiro atoms. The van der Waals surface area contributed by atoms with Gasteiger partial charge in [-0.2, -0.15) is 0 Å². The largest absolute Gasteiger partial charge is 0.467 e. The molecule has 2 aromatic rings. The van der Waals surface area contributed by atoms with Crippen molar-refractivity contribution in [1.82, 2.24) is 9.88 Å². The first-order valence-corrected chi connectivity index (χ1v) is 7.19. The SMILES string of the molecule is Cc1ccnc(NC(=O)C2CCC(=O)N2Cc2ccco2)c1. The zero-order valence-corrected chi connectivity index (χ0v) is 12.3. The van der Waals surface area contributed by atoms with Crippen molar-refractivity contribution in [3.8, 4) is 0 Å². The summed E-state index contributed by atoms with van der Waals surface area (Å²) in [6.07, 6.45) is 4.09. The first-order valence-electron chi connectivity index (χ1n) is 7.19. The van der Waals surface area contributed by atoms with Crippen LogP contribution in [0.25, 0.3) is 0 Å². The maximum Gasteiger partial charge on any atom is 0.248 e. The second-order valence-corrected chi connectivity index (χ2v) is 5.36. The Morgan fingerprint density at radius 3 is 3.09 bits per heavy atom. The highest BCUT2D eigenvalue weighted by molar-refractivity contribution is 5.98. The molecule has 1 unspecified atom stereocenters. The Kier molecular flexibility index (Phi) is 3.91. The van der Waals surface area contributed by atoms with E-state index in [2.05, 4.69) is 10.3 Å². The van der Waals surface area contributed by atoms with E-state index in [4.69, 9.17) is 4.42 Å². The monoisotopic (exact) mass is 299 g/mol. The molecule has 6 heteroatoms. The second-order valence-electron chi connectivity index (χ2n) is 5.36. The summed E-state index contributed by atoms with van der Waals surface area (Å²) in [7, 11) is 0. The fourth-order valence-corrected chi connectivity index (χ4v) is 2.59. The molecule has 3 rings (SSSR count). The highest BCUT2D eigenvalue weighted by atomic mass is 16.3. The smallest absolute Gasteiger partial charge is 0.248 e. The number of anilines is 1. The molecule has 0 bridgehead atoms. The average Bonchev–Trinajstić information content (AvgIpc) is 3.10. The van der Waals surface area contributed by atoms with Gasteiger partial charge in [0.1, 0.15) is 17.6 Å². The number of amides is 2. The molecule has 1 fully saturated rings. The average molecular weight is 299 g/mol. The Bertz CT molecular complexity index is 682. The molecular formula is C16H17N3O3. The van der Waals surface area contributed by atoms with Crippen molar-refractivity contribution in [3.05, 3.63) is 48.0 Å². The number of hydrogen-bond acceptors (Lipinski definition) is 4. The van der Waals surface area contributed by atoms with E-state index in [0.717, 1.165) is 5.56 Å². The standard InChI is InChI=1S/C16H17N3O3/c1-11-6-7-17-14(9-11)18-16(21)13-4-5-15(20)19(13)10-12-3-2-8-22-12/h2-3,6-9,13H,4-5,10H2,1H3,(H,17,18,21). The molecule has 3 heterocycles. The number of carbonyl (C=O) groups excluding carboxylic acids is 2. The minimum Gasteiger partial charge on any atom is -0.467 e. The number of nitrogens with one attached hydrogen (secondary N) is 1. The van der Waals surface area contributed by atoms with Crippen LogP contribution in [0.1, 0.15) is 24.2 Å². The van der Waals surface area contributed by atoms with Crippen LogP contribution in [0.3, 0.4) is 0 Å². The number of carbonyl (C=O) groups is 2. The van der Waals surface area contributed by atoms with Crippen LogP contribution in [0.4, 0.5) is 5.82 Å². The quantitative estimate of drug-likeness (QED) is 0.938. The summed E-state index contributed by atoms with van der Waals surface area (Å²) in [6, 6.07) is 6.73. The van der Waals surface area contributed by atoms with Gasteiger partial charge in [-0.25, -0.2) is 4.98 Å². The van der Waals surface area contributed by atoms with E-state index in [1.165, 1.54) is 0 Å². The lowest BCUT2D eigenvalue weighted by molar-refractivity contribution is -0.134. The molecule has 2 aromatic heterocycles. The molecule has 0 aromatic carbocycles. The molecule has 0 aliphatic carbocycles. The van der Waals surface area contributed by atoms with Crippen LogP contribution in [0.15, 0.2) is 41.1 Å². The molecular weight excluding hydrogens is 282 g/mol. The number of furan rings is 1. The summed E-state index contributed by atoms with van der Waals surface area (Å²) in [4.78, 5) is 30.1. The summed E-state index contributed by atoms with van der Waals surface area (Å²) in [5, 5.41) is 2.78. The van der Waals surface area contributed by atoms with E-state index >= 15 is 0 Å². The minimum absolute atomic E-state index is 0.0336. The van der Waals surface area contributed by atoms with Crippen LogP contribution in [-0.2, 0) is 16.1 Å². The van der Waals surface area contributed by atoms with Crippen LogP contribution >= 0.6 is 0 Å². The Balaban J connectivity index is 1.71. The van der Waals surface area contributed by atoms with Gasteiger partial charge in [-0.3, -0.25) is 9.59 Å². The first kappa shape index (κ1) is 14.3. The maximum absolute atomic E-state index is 12.4. The second kappa shape index (κ2) is 6.01. The van der Waals surface area contributed by atoms with Crippen molar-refractivity contribution < 1.29 is 14.0 Å². The molecule has 0 radical (unpaired) electrons. The molecule has 0 saturated carbocycles. The number of hydrogen-bond donors (Lipinski definition) is 1. The molecule has 6 nitrogen and oxygen atoms in total. The molecule has 1 N–H and O–H groups in total. The number of rotatable bonds is 4. The molecule has 114 valence electrons. The number of aromatic nitrogens is 1. The minimum atomic E-state index is -0.486. The Morgan fingerprint density at radius 1 is 1.50 bits per heavy atom. The summed E-state index contributed by atoms with van der Waals surface area (Å²) in [5.41, 5.74) is 1.01. The lowest BCUT2D eigenvalue weighted by Crippen LogP contribution is -2.41. The van der Waals surface area contributed by atoms with E-state index in [0.29, 0.717) is 31.0 Å². The third-order valence-electron chi connectivity index (χ3n) is 3.70. The summed E-state index contributed by atoms with van der Waals surface area (Å²) in [5.74, 6) is 0.924. The van der Waals surface area contributed by atoms with Gasteiger partial charge in [0.15, 0.2) is 0 Å². The van der Waals surface area contributed by atoms with Crippen LogP contribution in [-0.4, -0.2) is 27.7 Å². The van der Waals surface area contributed by atoms with Gasteiger partial charge in [-0.1, -0.05) is 0 Å². The molecule has 1 aliphatic heterocycles. The molecule has 22 heavy (non-hydrogen) atoms. The topological polar surface area (TPSA) is 75.4 Å². The third-order valence-corrected chi connectivity index (χ3v) is 3.70. The van der Waals surface area contributed by atoms with Gasteiger partial charge in [-0.15, -0.1) is 0 Å². The van der Waals surface area contributed by atoms with Crippen LogP contribution < -0.4 is 5.32 Å². The van der Waals surface area contributed by atoms with Crippen LogP contribution in [0.2, 0.25) is 0 Å². The normalized spacial score (nSPS) is 17.8. The highest BCUT2D eigenvalue weighted by Gasteiger charge is 2.36. The van der Waals surface area contributed by atoms with Crippen molar-refractivity contribution in [2.75, 3.05) is 5.32 Å². The maximum atomic E-state index is 12.4. The Morgan fingerprint density at radius 2 is 2.36 bits per heavy atom. The summed E-state index contributed by atoms with van der Waals surface area (Å²) in [6.45, 7) is 2.24. The van der Waals surface area contributed by atoms with E-state index in [1.807, 2.05) is 13.0 Å². The molecule has 1 saturated heterocycles. The van der Waals surface area contributed by atoms with E-state index < -0.39 is 6.04 Å². The van der Waals surface area contributed by atoms with Gasteiger partial charge in [-0.05, 0) is 43.2 Å². The number of nitrogens with zero attached hydrogens (tertiary/aromatic N) is 2.